The maximum absolute atomic E-state index is 12.6. The van der Waals surface area contributed by atoms with Gasteiger partial charge in [-0.3, -0.25) is 4.90 Å². The lowest BCUT2D eigenvalue weighted by molar-refractivity contribution is -0.0965. The molecule has 0 fully saturated rings. The van der Waals surface area contributed by atoms with Crippen LogP contribution in [0.5, 0.6) is 0 Å². The Labute approximate surface area is 120 Å². The molecule has 1 N–H and O–H groups in total. The monoisotopic (exact) mass is 292 g/mol. The average Bonchev–Trinajstić information content (AvgIpc) is 2.36. The predicted molar refractivity (Wildman–Crippen MR) is 76.7 cm³/mol. The van der Waals surface area contributed by atoms with Crippen molar-refractivity contribution in [2.24, 2.45) is 11.8 Å². The van der Waals surface area contributed by atoms with Crippen LogP contribution < -0.4 is 5.32 Å². The van der Waals surface area contributed by atoms with Crippen molar-refractivity contribution >= 4 is 0 Å². The Bertz CT molecular complexity index is 324. The molecule has 0 aromatic carbocycles. The van der Waals surface area contributed by atoms with Crippen LogP contribution in [0.2, 0.25) is 0 Å². The van der Waals surface area contributed by atoms with Gasteiger partial charge in [-0.1, -0.05) is 26.8 Å². The average molecular weight is 292 g/mol. The van der Waals surface area contributed by atoms with Gasteiger partial charge in [-0.05, 0) is 38.3 Å². The highest BCUT2D eigenvalue weighted by Gasteiger charge is 2.35. The van der Waals surface area contributed by atoms with Crippen LogP contribution in [0.15, 0.2) is 11.6 Å². The molecule has 1 aliphatic rings. The van der Waals surface area contributed by atoms with Crippen molar-refractivity contribution in [2.75, 3.05) is 26.2 Å². The minimum Gasteiger partial charge on any atom is -0.316 e. The highest BCUT2D eigenvalue weighted by Crippen LogP contribution is 2.31. The Morgan fingerprint density at radius 2 is 1.85 bits per heavy atom. The van der Waals surface area contributed by atoms with Gasteiger partial charge in [0.15, 0.2) is 0 Å². The number of alkyl halides is 3. The van der Waals surface area contributed by atoms with Crippen LogP contribution in [0.3, 0.4) is 0 Å². The molecule has 20 heavy (non-hydrogen) atoms. The van der Waals surface area contributed by atoms with E-state index in [4.69, 9.17) is 0 Å². The lowest BCUT2D eigenvalue weighted by Crippen LogP contribution is -2.44. The lowest BCUT2D eigenvalue weighted by atomic mass is 9.98. The second-order valence-electron chi connectivity index (χ2n) is 6.24. The summed E-state index contributed by atoms with van der Waals surface area (Å²) in [6, 6.07) is 0.292. The third-order valence-corrected chi connectivity index (χ3v) is 4.02. The van der Waals surface area contributed by atoms with Crippen molar-refractivity contribution in [3.63, 3.8) is 0 Å². The Hall–Kier alpha value is -0.550. The largest absolute Gasteiger partial charge is 0.412 e. The zero-order valence-electron chi connectivity index (χ0n) is 12.9. The summed E-state index contributed by atoms with van der Waals surface area (Å²) in [6.45, 7) is 11.4. The standard InChI is InChI=1S/C15H27F3N2/c1-11(2)9-19-10-12(3)13(4)20-7-5-14(6-8-20)15(16,17)18/h5,11-13,19H,6-10H2,1-4H3. The normalized spacial score (nSPS) is 20.9. The first-order chi connectivity index (χ1) is 9.21. The molecule has 0 radical (unpaired) electrons. The highest BCUT2D eigenvalue weighted by molar-refractivity contribution is 5.13. The summed E-state index contributed by atoms with van der Waals surface area (Å²) in [5.74, 6) is 1.04. The molecule has 0 aromatic heterocycles. The molecule has 0 saturated carbocycles. The van der Waals surface area contributed by atoms with E-state index >= 15 is 0 Å². The summed E-state index contributed by atoms with van der Waals surface area (Å²) in [5.41, 5.74) is -0.369. The van der Waals surface area contributed by atoms with E-state index in [-0.39, 0.29) is 12.0 Å². The van der Waals surface area contributed by atoms with Gasteiger partial charge in [-0.15, -0.1) is 0 Å². The summed E-state index contributed by atoms with van der Waals surface area (Å²) < 4.78 is 37.7. The molecule has 1 heterocycles. The van der Waals surface area contributed by atoms with Crippen LogP contribution in [0.1, 0.15) is 34.1 Å². The van der Waals surface area contributed by atoms with Crippen molar-refractivity contribution in [3.8, 4) is 0 Å². The van der Waals surface area contributed by atoms with Crippen molar-refractivity contribution < 1.29 is 13.2 Å². The van der Waals surface area contributed by atoms with Gasteiger partial charge in [-0.25, -0.2) is 0 Å². The molecule has 0 aromatic rings. The lowest BCUT2D eigenvalue weighted by Gasteiger charge is -2.35. The minimum atomic E-state index is -4.15. The van der Waals surface area contributed by atoms with Crippen LogP contribution >= 0.6 is 0 Å². The number of halogens is 3. The second kappa shape index (κ2) is 7.46. The van der Waals surface area contributed by atoms with E-state index in [9.17, 15) is 13.2 Å². The fraction of sp³-hybridized carbons (Fsp3) is 0.867. The minimum absolute atomic E-state index is 0.111. The summed E-state index contributed by atoms with van der Waals surface area (Å²) in [5, 5.41) is 3.42. The van der Waals surface area contributed by atoms with E-state index in [2.05, 4.69) is 37.9 Å². The Kier molecular flexibility index (Phi) is 6.52. The summed E-state index contributed by atoms with van der Waals surface area (Å²) in [7, 11) is 0. The first-order valence-corrected chi connectivity index (χ1v) is 7.42. The van der Waals surface area contributed by atoms with Gasteiger partial charge in [0.1, 0.15) is 0 Å². The number of hydrogen-bond acceptors (Lipinski definition) is 2. The van der Waals surface area contributed by atoms with E-state index in [0.717, 1.165) is 13.1 Å². The molecule has 2 unspecified atom stereocenters. The van der Waals surface area contributed by atoms with Crippen LogP contribution in [0.25, 0.3) is 0 Å². The molecule has 1 rings (SSSR count). The highest BCUT2D eigenvalue weighted by atomic mass is 19.4. The molecule has 118 valence electrons. The molecular formula is C15H27F3N2. The SMILES string of the molecule is CC(C)CNCC(C)C(C)N1CC=C(C(F)(F)F)CC1. The zero-order valence-corrected chi connectivity index (χ0v) is 12.9. The van der Waals surface area contributed by atoms with E-state index in [1.165, 1.54) is 6.08 Å². The third kappa shape index (κ3) is 5.44. The molecule has 2 nitrogen and oxygen atoms in total. The van der Waals surface area contributed by atoms with E-state index < -0.39 is 6.18 Å². The Morgan fingerprint density at radius 3 is 2.30 bits per heavy atom. The topological polar surface area (TPSA) is 15.3 Å². The van der Waals surface area contributed by atoms with E-state index in [1.807, 2.05) is 0 Å². The summed E-state index contributed by atoms with van der Waals surface area (Å²) in [4.78, 5) is 2.14. The first kappa shape index (κ1) is 17.5. The quantitative estimate of drug-likeness (QED) is 0.754. The number of nitrogens with zero attached hydrogens (tertiary/aromatic N) is 1. The van der Waals surface area contributed by atoms with Crippen molar-refractivity contribution in [1.82, 2.24) is 10.2 Å². The van der Waals surface area contributed by atoms with Crippen molar-refractivity contribution in [3.05, 3.63) is 11.6 Å². The molecule has 5 heteroatoms. The van der Waals surface area contributed by atoms with E-state index in [1.54, 1.807) is 0 Å². The molecule has 1 aliphatic heterocycles. The van der Waals surface area contributed by atoms with Gasteiger partial charge in [0, 0.05) is 24.7 Å². The van der Waals surface area contributed by atoms with Crippen molar-refractivity contribution in [2.45, 2.75) is 46.3 Å². The van der Waals surface area contributed by atoms with Crippen molar-refractivity contribution in [1.29, 1.82) is 0 Å². The van der Waals surface area contributed by atoms with Gasteiger partial charge < -0.3 is 5.32 Å². The maximum atomic E-state index is 12.6. The third-order valence-electron chi connectivity index (χ3n) is 4.02. The van der Waals surface area contributed by atoms with Gasteiger partial charge in [0.05, 0.1) is 0 Å². The van der Waals surface area contributed by atoms with Crippen LogP contribution in [-0.4, -0.2) is 43.3 Å². The first-order valence-electron chi connectivity index (χ1n) is 7.42. The molecular weight excluding hydrogens is 265 g/mol. The predicted octanol–water partition coefficient (Wildman–Crippen LogP) is 3.45. The molecule has 0 spiro atoms. The van der Waals surface area contributed by atoms with Crippen LogP contribution in [-0.2, 0) is 0 Å². The number of nitrogens with one attached hydrogen (secondary N) is 1. The molecule has 0 aliphatic carbocycles. The zero-order chi connectivity index (χ0) is 15.3. The summed E-state index contributed by atoms with van der Waals surface area (Å²) >= 11 is 0. The van der Waals surface area contributed by atoms with Crippen LogP contribution in [0, 0.1) is 11.8 Å². The van der Waals surface area contributed by atoms with Gasteiger partial charge >= 0.3 is 6.18 Å². The van der Waals surface area contributed by atoms with Crippen LogP contribution in [0.4, 0.5) is 13.2 Å². The maximum Gasteiger partial charge on any atom is 0.412 e. The molecule has 0 amide bonds. The molecule has 0 saturated heterocycles. The second-order valence-corrected chi connectivity index (χ2v) is 6.24. The fourth-order valence-electron chi connectivity index (χ4n) is 2.44. The number of rotatable bonds is 6. The smallest absolute Gasteiger partial charge is 0.316 e. The number of hydrogen-bond donors (Lipinski definition) is 1. The van der Waals surface area contributed by atoms with Gasteiger partial charge in [0.2, 0.25) is 0 Å². The Balaban J connectivity index is 2.42. The van der Waals surface area contributed by atoms with E-state index in [0.29, 0.717) is 31.0 Å². The summed E-state index contributed by atoms with van der Waals surface area (Å²) in [6.07, 6.45) is -2.70. The Morgan fingerprint density at radius 1 is 1.20 bits per heavy atom. The fourth-order valence-corrected chi connectivity index (χ4v) is 2.44. The molecule has 2 atom stereocenters. The van der Waals surface area contributed by atoms with Gasteiger partial charge in [0.25, 0.3) is 0 Å². The molecule has 0 bridgehead atoms. The van der Waals surface area contributed by atoms with Gasteiger partial charge in [-0.2, -0.15) is 13.2 Å².